The zero-order chi connectivity index (χ0) is 26.4. The molecule has 244 valence electrons. The number of nitrogens with two attached hydrogens (primary N) is 2. The molecule has 1 aliphatic rings. The molecule has 0 spiro atoms. The molecule has 0 aliphatic carbocycles. The van der Waals surface area contributed by atoms with Gasteiger partial charge in [-0.3, -0.25) is 4.90 Å². The van der Waals surface area contributed by atoms with Gasteiger partial charge in [-0.1, -0.05) is 36.4 Å². The molecular formula is C28H46Cl5N9S. The van der Waals surface area contributed by atoms with Crippen molar-refractivity contribution < 1.29 is 0 Å². The van der Waals surface area contributed by atoms with Crippen molar-refractivity contribution >= 4 is 90.2 Å². The molecule has 0 atom stereocenters. The Morgan fingerprint density at radius 1 is 0.767 bits per heavy atom. The van der Waals surface area contributed by atoms with Crippen molar-refractivity contribution in [2.24, 2.45) is 16.5 Å². The van der Waals surface area contributed by atoms with Crippen molar-refractivity contribution in [2.75, 3.05) is 57.7 Å². The molecule has 4 rings (SSSR count). The van der Waals surface area contributed by atoms with Crippen LogP contribution in [0.15, 0.2) is 58.9 Å². The smallest absolute Gasteiger partial charge is 0.212 e. The van der Waals surface area contributed by atoms with E-state index in [0.29, 0.717) is 5.13 Å². The van der Waals surface area contributed by atoms with Gasteiger partial charge in [0.2, 0.25) is 5.13 Å². The van der Waals surface area contributed by atoms with Crippen molar-refractivity contribution in [2.45, 2.75) is 25.9 Å². The fourth-order valence-electron chi connectivity index (χ4n) is 4.37. The van der Waals surface area contributed by atoms with E-state index in [2.05, 4.69) is 84.7 Å². The lowest BCUT2D eigenvalue weighted by Gasteiger charge is -2.23. The van der Waals surface area contributed by atoms with E-state index >= 15 is 0 Å². The maximum atomic E-state index is 5.44. The second-order valence-electron chi connectivity index (χ2n) is 9.53. The zero-order valence-electron chi connectivity index (χ0n) is 24.1. The molecule has 1 aliphatic heterocycles. The second kappa shape index (κ2) is 24.7. The number of anilines is 1. The van der Waals surface area contributed by atoms with E-state index in [1.54, 1.807) is 0 Å². The van der Waals surface area contributed by atoms with Gasteiger partial charge in [-0.15, -0.1) is 73.4 Å². The lowest BCUT2D eigenvalue weighted by molar-refractivity contribution is 0.260. The van der Waals surface area contributed by atoms with E-state index in [1.165, 1.54) is 35.3 Å². The molecular weight excluding hydrogens is 672 g/mol. The molecule has 2 aromatic carbocycles. The quantitative estimate of drug-likeness (QED) is 0.152. The van der Waals surface area contributed by atoms with Gasteiger partial charge in [-0.05, 0) is 62.3 Å². The fourth-order valence-corrected chi connectivity index (χ4v) is 5.08. The first-order chi connectivity index (χ1) is 18.7. The number of aromatic nitrogens is 1. The first-order valence-corrected chi connectivity index (χ1v) is 14.4. The summed E-state index contributed by atoms with van der Waals surface area (Å²) in [7, 11) is 0. The van der Waals surface area contributed by atoms with Crippen molar-refractivity contribution in [3.8, 4) is 11.3 Å². The molecule has 0 unspecified atom stereocenters. The third kappa shape index (κ3) is 16.4. The van der Waals surface area contributed by atoms with Crippen LogP contribution in [0.2, 0.25) is 0 Å². The second-order valence-corrected chi connectivity index (χ2v) is 10.4. The largest absolute Gasteiger partial charge is 0.381 e. The highest BCUT2D eigenvalue weighted by molar-refractivity contribution is 7.13. The first-order valence-electron chi connectivity index (χ1n) is 13.5. The minimum atomic E-state index is 0. The molecule has 0 saturated carbocycles. The summed E-state index contributed by atoms with van der Waals surface area (Å²) in [6, 6.07) is 17.2. The van der Waals surface area contributed by atoms with Crippen LogP contribution in [0, 0.1) is 0 Å². The predicted octanol–water partition coefficient (Wildman–Crippen LogP) is 4.80. The van der Waals surface area contributed by atoms with E-state index in [4.69, 9.17) is 11.5 Å². The number of hydrogen-bond donors (Lipinski definition) is 6. The molecule has 8 N–H and O–H groups in total. The fraction of sp³-hybridized carbons (Fsp3) is 0.429. The van der Waals surface area contributed by atoms with Crippen molar-refractivity contribution in [3.63, 3.8) is 0 Å². The number of nitrogens with one attached hydrogen (secondary N) is 4. The number of aliphatic imine (C=N–C) groups is 1. The van der Waals surface area contributed by atoms with Crippen molar-refractivity contribution in [1.82, 2.24) is 25.8 Å². The summed E-state index contributed by atoms with van der Waals surface area (Å²) in [4.78, 5) is 11.0. The highest BCUT2D eigenvalue weighted by Crippen LogP contribution is 2.27. The standard InChI is InChI=1S/C28H41N9S.5ClH/c29-27(30)36-28-35-26(21-38-28)24-7-9-25(10-8-24)34-19-22-3-5-23(6-4-22)20-37-17-2-13-32-15-14-31-11-1-12-33-16-18-37;;;;;/h3-10,21,31-34H,1-2,11-20H2,(H4,29,30,35,36);5*1H. The number of rotatable bonds is 7. The van der Waals surface area contributed by atoms with Crippen LogP contribution in [-0.4, -0.2) is 68.2 Å². The number of guanidine groups is 1. The normalized spacial score (nSPS) is 14.5. The van der Waals surface area contributed by atoms with Gasteiger partial charge >= 0.3 is 0 Å². The van der Waals surface area contributed by atoms with E-state index in [1.807, 2.05) is 5.38 Å². The molecule has 9 nitrogen and oxygen atoms in total. The van der Waals surface area contributed by atoms with Crippen molar-refractivity contribution in [3.05, 3.63) is 65.0 Å². The summed E-state index contributed by atoms with van der Waals surface area (Å²) in [6.07, 6.45) is 2.34. The maximum absolute atomic E-state index is 5.44. The molecule has 15 heteroatoms. The monoisotopic (exact) mass is 715 g/mol. The van der Waals surface area contributed by atoms with E-state index in [9.17, 15) is 0 Å². The summed E-state index contributed by atoms with van der Waals surface area (Å²) in [5.41, 5.74) is 16.5. The third-order valence-corrected chi connectivity index (χ3v) is 7.18. The van der Waals surface area contributed by atoms with Gasteiger partial charge in [0.05, 0.1) is 5.69 Å². The minimum Gasteiger partial charge on any atom is -0.381 e. The van der Waals surface area contributed by atoms with Gasteiger partial charge in [0, 0.05) is 55.9 Å². The highest BCUT2D eigenvalue weighted by Gasteiger charge is 2.08. The maximum Gasteiger partial charge on any atom is 0.212 e. The highest BCUT2D eigenvalue weighted by atomic mass is 35.5. The Hall–Kier alpha value is -1.57. The zero-order valence-corrected chi connectivity index (χ0v) is 29.0. The van der Waals surface area contributed by atoms with Gasteiger partial charge in [0.1, 0.15) is 0 Å². The van der Waals surface area contributed by atoms with Crippen LogP contribution in [0.25, 0.3) is 11.3 Å². The Bertz CT molecular complexity index is 1120. The summed E-state index contributed by atoms with van der Waals surface area (Å²) in [6.45, 7) is 10.3. The van der Waals surface area contributed by atoms with Crippen molar-refractivity contribution in [1.29, 1.82) is 0 Å². The van der Waals surface area contributed by atoms with E-state index in [0.717, 1.165) is 82.4 Å². The number of hydrogen-bond acceptors (Lipinski definition) is 8. The van der Waals surface area contributed by atoms with Gasteiger partial charge in [-0.25, -0.2) is 4.98 Å². The first kappa shape index (κ1) is 43.6. The average Bonchev–Trinajstić information content (AvgIpc) is 3.38. The predicted molar refractivity (Wildman–Crippen MR) is 196 cm³/mol. The van der Waals surface area contributed by atoms with Crippen LogP contribution in [0.1, 0.15) is 24.0 Å². The summed E-state index contributed by atoms with van der Waals surface area (Å²) < 4.78 is 0. The van der Waals surface area contributed by atoms with Crippen LogP contribution in [0.4, 0.5) is 10.8 Å². The number of halogens is 5. The number of thiazole rings is 1. The van der Waals surface area contributed by atoms with Gasteiger partial charge < -0.3 is 32.7 Å². The van der Waals surface area contributed by atoms with Crippen LogP contribution in [-0.2, 0) is 13.1 Å². The van der Waals surface area contributed by atoms with Crippen LogP contribution < -0.4 is 32.7 Å². The lowest BCUT2D eigenvalue weighted by atomic mass is 10.1. The molecule has 0 amide bonds. The molecule has 1 saturated heterocycles. The Morgan fingerprint density at radius 3 is 2.02 bits per heavy atom. The average molecular weight is 718 g/mol. The molecule has 43 heavy (non-hydrogen) atoms. The van der Waals surface area contributed by atoms with E-state index in [-0.39, 0.29) is 68.0 Å². The topological polar surface area (TPSA) is 129 Å². The molecule has 0 radical (unpaired) electrons. The number of nitrogens with zero attached hydrogens (tertiary/aromatic N) is 3. The Labute approximate surface area is 290 Å². The summed E-state index contributed by atoms with van der Waals surface area (Å²) in [5.74, 6) is 0.0194. The van der Waals surface area contributed by atoms with Gasteiger partial charge in [0.15, 0.2) is 5.96 Å². The van der Waals surface area contributed by atoms with Crippen LogP contribution in [0.5, 0.6) is 0 Å². The number of benzene rings is 2. The van der Waals surface area contributed by atoms with Gasteiger partial charge in [-0.2, -0.15) is 4.99 Å². The van der Waals surface area contributed by atoms with Gasteiger partial charge in [0.25, 0.3) is 0 Å². The van der Waals surface area contributed by atoms with Crippen LogP contribution >= 0.6 is 73.4 Å². The Balaban J connectivity index is 0. The SMILES string of the molecule is Cl.Cl.Cl.Cl.Cl.NC(N)=Nc1nc(-c2ccc(NCc3ccc(CN4CCCNCCNCCCNCC4)cc3)cc2)cs1. The third-order valence-electron chi connectivity index (χ3n) is 6.44. The molecule has 1 aromatic heterocycles. The molecule has 3 aromatic rings. The minimum absolute atomic E-state index is 0. The van der Waals surface area contributed by atoms with Crippen LogP contribution in [0.3, 0.4) is 0 Å². The summed E-state index contributed by atoms with van der Waals surface area (Å²) in [5, 5.41) is 16.7. The Kier molecular flexibility index (Phi) is 25.0. The lowest BCUT2D eigenvalue weighted by Crippen LogP contribution is -2.36. The summed E-state index contributed by atoms with van der Waals surface area (Å²) >= 11 is 1.42. The Morgan fingerprint density at radius 2 is 1.37 bits per heavy atom. The molecule has 1 fully saturated rings. The molecule has 2 heterocycles. The molecule has 0 bridgehead atoms. The van der Waals surface area contributed by atoms with E-state index < -0.39 is 0 Å².